The molecule has 0 aliphatic heterocycles. The summed E-state index contributed by atoms with van der Waals surface area (Å²) in [5, 5.41) is 11.8. The van der Waals surface area contributed by atoms with Gasteiger partial charge in [-0.15, -0.1) is 0 Å². The summed E-state index contributed by atoms with van der Waals surface area (Å²) < 4.78 is 17.0. The molecule has 0 atom stereocenters. The van der Waals surface area contributed by atoms with Crippen LogP contribution in [0.25, 0.3) is 0 Å². The lowest BCUT2D eigenvalue weighted by Crippen LogP contribution is -2.13. The molecule has 0 spiro atoms. The Hall–Kier alpha value is -4.64. The Labute approximate surface area is 184 Å². The number of para-hydroxylation sites is 1. The molecule has 1 amide bonds. The summed E-state index contributed by atoms with van der Waals surface area (Å²) in [4.78, 5) is 20.8. The van der Waals surface area contributed by atoms with E-state index in [0.717, 1.165) is 5.56 Å². The van der Waals surface area contributed by atoms with Crippen molar-refractivity contribution in [3.63, 3.8) is 0 Å². The standard InChI is InChI=1S/C24H18N4O4/c25-14-18-4-1-2-5-20(18)31-16-19-7-8-22(32-19)24(29)28-23-21(6-3-11-27-23)30-15-17-9-12-26-13-10-17/h1-13H,15-16H2,(H,27,28,29). The predicted octanol–water partition coefficient (Wildman–Crippen LogP) is 4.35. The fourth-order valence-electron chi connectivity index (χ4n) is 2.82. The van der Waals surface area contributed by atoms with E-state index in [2.05, 4.69) is 21.4 Å². The van der Waals surface area contributed by atoms with Gasteiger partial charge >= 0.3 is 0 Å². The fraction of sp³-hybridized carbons (Fsp3) is 0.0833. The third-order valence-electron chi connectivity index (χ3n) is 4.41. The number of pyridine rings is 2. The molecule has 4 rings (SSSR count). The summed E-state index contributed by atoms with van der Waals surface area (Å²) >= 11 is 0. The number of hydrogen-bond donors (Lipinski definition) is 1. The third-order valence-corrected chi connectivity index (χ3v) is 4.41. The maximum atomic E-state index is 12.6. The van der Waals surface area contributed by atoms with Crippen LogP contribution in [-0.4, -0.2) is 15.9 Å². The Balaban J connectivity index is 1.39. The number of benzene rings is 1. The molecular weight excluding hydrogens is 408 g/mol. The topological polar surface area (TPSA) is 110 Å². The zero-order valence-corrected chi connectivity index (χ0v) is 16.9. The number of rotatable bonds is 8. The van der Waals surface area contributed by atoms with Crippen molar-refractivity contribution >= 4 is 11.7 Å². The van der Waals surface area contributed by atoms with E-state index in [1.165, 1.54) is 0 Å². The molecule has 0 bridgehead atoms. The van der Waals surface area contributed by atoms with E-state index >= 15 is 0 Å². The predicted molar refractivity (Wildman–Crippen MR) is 115 cm³/mol. The molecule has 0 unspecified atom stereocenters. The minimum atomic E-state index is -0.471. The number of nitrogens with one attached hydrogen (secondary N) is 1. The Morgan fingerprint density at radius 2 is 1.72 bits per heavy atom. The largest absolute Gasteiger partial charge is 0.485 e. The SMILES string of the molecule is N#Cc1ccccc1OCc1ccc(C(=O)Nc2ncccc2OCc2ccncc2)o1. The van der Waals surface area contributed by atoms with Crippen LogP contribution in [0.4, 0.5) is 5.82 Å². The summed E-state index contributed by atoms with van der Waals surface area (Å²) in [7, 11) is 0. The molecule has 158 valence electrons. The first-order chi connectivity index (χ1) is 15.7. The number of nitriles is 1. The van der Waals surface area contributed by atoms with Crippen LogP contribution in [0.3, 0.4) is 0 Å². The number of carbonyl (C=O) groups excluding carboxylic acids is 1. The van der Waals surface area contributed by atoms with Gasteiger partial charge in [-0.2, -0.15) is 5.26 Å². The van der Waals surface area contributed by atoms with Gasteiger partial charge in [0, 0.05) is 18.6 Å². The molecule has 0 aliphatic rings. The number of aromatic nitrogens is 2. The molecule has 0 aliphatic carbocycles. The van der Waals surface area contributed by atoms with Crippen molar-refractivity contribution in [1.29, 1.82) is 5.26 Å². The summed E-state index contributed by atoms with van der Waals surface area (Å²) in [6, 6.07) is 19.3. The minimum Gasteiger partial charge on any atom is -0.485 e. The highest BCUT2D eigenvalue weighted by atomic mass is 16.5. The molecule has 8 nitrogen and oxygen atoms in total. The van der Waals surface area contributed by atoms with E-state index in [-0.39, 0.29) is 18.2 Å². The highest BCUT2D eigenvalue weighted by Crippen LogP contribution is 2.23. The number of amides is 1. The number of ether oxygens (including phenoxy) is 2. The zero-order chi connectivity index (χ0) is 22.2. The van der Waals surface area contributed by atoms with Crippen LogP contribution in [0.15, 0.2) is 83.7 Å². The van der Waals surface area contributed by atoms with Crippen molar-refractivity contribution in [2.45, 2.75) is 13.2 Å². The van der Waals surface area contributed by atoms with Crippen molar-refractivity contribution in [3.8, 4) is 17.6 Å². The van der Waals surface area contributed by atoms with Gasteiger partial charge in [0.1, 0.15) is 30.8 Å². The molecule has 0 radical (unpaired) electrons. The Bertz CT molecular complexity index is 1250. The quantitative estimate of drug-likeness (QED) is 0.446. The molecule has 1 N–H and O–H groups in total. The Kier molecular flexibility index (Phi) is 6.39. The zero-order valence-electron chi connectivity index (χ0n) is 16.9. The van der Waals surface area contributed by atoms with Crippen molar-refractivity contribution in [3.05, 3.63) is 102 Å². The molecule has 32 heavy (non-hydrogen) atoms. The second-order valence-corrected chi connectivity index (χ2v) is 6.61. The lowest BCUT2D eigenvalue weighted by atomic mass is 10.2. The van der Waals surface area contributed by atoms with Gasteiger partial charge in [-0.1, -0.05) is 12.1 Å². The van der Waals surface area contributed by atoms with Crippen LogP contribution in [0.5, 0.6) is 11.5 Å². The first-order valence-electron chi connectivity index (χ1n) is 9.71. The molecular formula is C24H18N4O4. The van der Waals surface area contributed by atoms with Crippen LogP contribution in [0.1, 0.15) is 27.4 Å². The maximum absolute atomic E-state index is 12.6. The molecule has 0 saturated heterocycles. The number of carbonyl (C=O) groups is 1. The molecule has 0 saturated carbocycles. The van der Waals surface area contributed by atoms with E-state index in [4.69, 9.17) is 19.2 Å². The van der Waals surface area contributed by atoms with Crippen molar-refractivity contribution in [2.24, 2.45) is 0 Å². The summed E-state index contributed by atoms with van der Waals surface area (Å²) in [6.07, 6.45) is 4.92. The minimum absolute atomic E-state index is 0.0792. The monoisotopic (exact) mass is 426 g/mol. The van der Waals surface area contributed by atoms with Crippen molar-refractivity contribution in [2.75, 3.05) is 5.32 Å². The summed E-state index contributed by atoms with van der Waals surface area (Å²) in [6.45, 7) is 0.388. The smallest absolute Gasteiger partial charge is 0.292 e. The Morgan fingerprint density at radius 3 is 2.56 bits per heavy atom. The highest BCUT2D eigenvalue weighted by Gasteiger charge is 2.15. The van der Waals surface area contributed by atoms with Gasteiger partial charge in [-0.25, -0.2) is 4.98 Å². The van der Waals surface area contributed by atoms with Gasteiger partial charge in [0.2, 0.25) is 0 Å². The molecule has 0 fully saturated rings. The maximum Gasteiger partial charge on any atom is 0.292 e. The van der Waals surface area contributed by atoms with Crippen LogP contribution in [-0.2, 0) is 13.2 Å². The lowest BCUT2D eigenvalue weighted by molar-refractivity contribution is 0.0991. The van der Waals surface area contributed by atoms with E-state index in [0.29, 0.717) is 29.4 Å². The van der Waals surface area contributed by atoms with E-state index < -0.39 is 5.91 Å². The third kappa shape index (κ3) is 5.09. The summed E-state index contributed by atoms with van der Waals surface area (Å²) in [5.74, 6) is 1.23. The van der Waals surface area contributed by atoms with E-state index in [1.807, 2.05) is 12.1 Å². The average molecular weight is 426 g/mol. The first-order valence-corrected chi connectivity index (χ1v) is 9.71. The van der Waals surface area contributed by atoms with E-state index in [1.54, 1.807) is 67.1 Å². The van der Waals surface area contributed by atoms with Gasteiger partial charge in [0.05, 0.1) is 5.56 Å². The number of hydrogen-bond acceptors (Lipinski definition) is 7. The second kappa shape index (κ2) is 9.91. The van der Waals surface area contributed by atoms with E-state index in [9.17, 15) is 4.79 Å². The van der Waals surface area contributed by atoms with Crippen LogP contribution >= 0.6 is 0 Å². The fourth-order valence-corrected chi connectivity index (χ4v) is 2.82. The molecule has 3 heterocycles. The van der Waals surface area contributed by atoms with Crippen molar-refractivity contribution < 1.29 is 18.7 Å². The van der Waals surface area contributed by atoms with Crippen LogP contribution < -0.4 is 14.8 Å². The average Bonchev–Trinajstić information content (AvgIpc) is 3.32. The number of anilines is 1. The molecule has 4 aromatic rings. The van der Waals surface area contributed by atoms with Crippen LogP contribution in [0, 0.1) is 11.3 Å². The summed E-state index contributed by atoms with van der Waals surface area (Å²) in [5.41, 5.74) is 1.36. The number of furan rings is 1. The van der Waals surface area contributed by atoms with Crippen LogP contribution in [0.2, 0.25) is 0 Å². The first kappa shape index (κ1) is 20.6. The Morgan fingerprint density at radius 1 is 0.938 bits per heavy atom. The van der Waals surface area contributed by atoms with Gasteiger partial charge in [-0.3, -0.25) is 9.78 Å². The van der Waals surface area contributed by atoms with Gasteiger partial charge in [0.25, 0.3) is 5.91 Å². The second-order valence-electron chi connectivity index (χ2n) is 6.61. The lowest BCUT2D eigenvalue weighted by Gasteiger charge is -2.11. The van der Waals surface area contributed by atoms with Gasteiger partial charge in [-0.05, 0) is 54.1 Å². The number of nitrogens with zero attached hydrogens (tertiary/aromatic N) is 3. The molecule has 3 aromatic heterocycles. The molecule has 8 heteroatoms. The van der Waals surface area contributed by atoms with Gasteiger partial charge < -0.3 is 19.2 Å². The highest BCUT2D eigenvalue weighted by molar-refractivity contribution is 6.02. The molecule has 1 aromatic carbocycles. The van der Waals surface area contributed by atoms with Crippen molar-refractivity contribution in [1.82, 2.24) is 9.97 Å². The van der Waals surface area contributed by atoms with Gasteiger partial charge in [0.15, 0.2) is 17.3 Å². The normalized spacial score (nSPS) is 10.2.